The van der Waals surface area contributed by atoms with Crippen molar-refractivity contribution < 1.29 is 19.2 Å². The van der Waals surface area contributed by atoms with E-state index < -0.39 is 0 Å². The number of aliphatic hydroxyl groups excluding tert-OH is 1. The molecule has 2 saturated heterocycles. The topological polar surface area (TPSA) is 91.9 Å². The van der Waals surface area contributed by atoms with Gasteiger partial charge in [-0.1, -0.05) is 44.1 Å². The molecule has 38 heavy (non-hydrogen) atoms. The zero-order chi connectivity index (χ0) is 26.6. The Morgan fingerprint density at radius 1 is 1.13 bits per heavy atom. The molecule has 3 atom stereocenters. The van der Waals surface area contributed by atoms with Crippen molar-refractivity contribution >= 4 is 17.5 Å². The Hall–Kier alpha value is -2.87. The van der Waals surface area contributed by atoms with E-state index >= 15 is 0 Å². The van der Waals surface area contributed by atoms with Gasteiger partial charge in [-0.25, -0.2) is 0 Å². The minimum absolute atomic E-state index is 0.0438. The average Bonchev–Trinajstić information content (AvgIpc) is 3.63. The number of carbonyl (C=O) groups is 1. The molecule has 2 fully saturated rings. The van der Waals surface area contributed by atoms with Gasteiger partial charge < -0.3 is 24.2 Å². The summed E-state index contributed by atoms with van der Waals surface area (Å²) in [4.78, 5) is 21.7. The van der Waals surface area contributed by atoms with Gasteiger partial charge in [-0.3, -0.25) is 4.79 Å². The zero-order valence-corrected chi connectivity index (χ0v) is 23.0. The van der Waals surface area contributed by atoms with E-state index in [4.69, 9.17) is 9.26 Å². The summed E-state index contributed by atoms with van der Waals surface area (Å²) in [6.45, 7) is 10.5. The molecule has 0 radical (unpaired) electrons. The van der Waals surface area contributed by atoms with E-state index in [1.807, 2.05) is 4.90 Å². The van der Waals surface area contributed by atoms with Gasteiger partial charge in [0.15, 0.2) is 5.82 Å². The van der Waals surface area contributed by atoms with Crippen LogP contribution in [0.2, 0.25) is 0 Å². The summed E-state index contributed by atoms with van der Waals surface area (Å²) in [6, 6.07) is 9.06. The monoisotopic (exact) mass is 522 g/mol. The molecule has 3 heterocycles. The maximum Gasteiger partial charge on any atom is 0.324 e. The van der Waals surface area contributed by atoms with E-state index in [1.54, 1.807) is 0 Å². The number of ether oxygens (including phenoxy) is 1. The smallest absolute Gasteiger partial charge is 0.324 e. The van der Waals surface area contributed by atoms with E-state index in [1.165, 1.54) is 11.1 Å². The first-order valence-electron chi connectivity index (χ1n) is 14.3. The van der Waals surface area contributed by atoms with Crippen LogP contribution in [0.25, 0.3) is 5.57 Å². The molecule has 2 aliphatic heterocycles. The van der Waals surface area contributed by atoms with Crippen LogP contribution in [0.3, 0.4) is 0 Å². The van der Waals surface area contributed by atoms with Crippen LogP contribution < -0.4 is 9.64 Å². The first-order chi connectivity index (χ1) is 18.4. The lowest BCUT2D eigenvalue weighted by Crippen LogP contribution is -2.38. The van der Waals surface area contributed by atoms with Crippen molar-refractivity contribution in [2.24, 2.45) is 23.7 Å². The lowest BCUT2D eigenvalue weighted by atomic mass is 9.78. The minimum atomic E-state index is 0.0438. The maximum absolute atomic E-state index is 13.1. The molecule has 1 aromatic carbocycles. The van der Waals surface area contributed by atoms with Crippen LogP contribution in [0.1, 0.15) is 70.2 Å². The molecule has 1 amide bonds. The molecule has 1 aliphatic carbocycles. The van der Waals surface area contributed by atoms with Crippen LogP contribution in [0.15, 0.2) is 34.9 Å². The Labute approximate surface area is 226 Å². The van der Waals surface area contributed by atoms with Gasteiger partial charge in [0, 0.05) is 50.5 Å². The summed E-state index contributed by atoms with van der Waals surface area (Å²) in [7, 11) is 0. The molecule has 206 valence electrons. The van der Waals surface area contributed by atoms with Gasteiger partial charge in [-0.2, -0.15) is 4.98 Å². The summed E-state index contributed by atoms with van der Waals surface area (Å²) in [5.74, 6) is 3.30. The number of aliphatic hydroxyl groups is 1. The number of benzene rings is 1. The van der Waals surface area contributed by atoms with Crippen molar-refractivity contribution in [3.8, 4) is 5.75 Å². The number of hydrogen-bond donors (Lipinski definition) is 1. The molecule has 1 N–H and O–H groups in total. The molecule has 0 bridgehead atoms. The number of piperidine rings is 1. The molecule has 1 unspecified atom stereocenters. The lowest BCUT2D eigenvalue weighted by Gasteiger charge is -2.31. The second-order valence-corrected chi connectivity index (χ2v) is 11.7. The quantitative estimate of drug-likeness (QED) is 0.534. The van der Waals surface area contributed by atoms with Gasteiger partial charge in [0.25, 0.3) is 0 Å². The fourth-order valence-electron chi connectivity index (χ4n) is 5.93. The van der Waals surface area contributed by atoms with E-state index in [0.29, 0.717) is 31.0 Å². The first kappa shape index (κ1) is 26.7. The molecule has 8 heteroatoms. The number of anilines is 1. The third-order valence-electron chi connectivity index (χ3n) is 8.56. The van der Waals surface area contributed by atoms with Crippen molar-refractivity contribution in [2.45, 2.75) is 58.8 Å². The van der Waals surface area contributed by atoms with Gasteiger partial charge in [0.1, 0.15) is 5.75 Å². The minimum Gasteiger partial charge on any atom is -0.493 e. The second-order valence-electron chi connectivity index (χ2n) is 11.7. The zero-order valence-electron chi connectivity index (χ0n) is 23.0. The highest BCUT2D eigenvalue weighted by Gasteiger charge is 2.35. The Morgan fingerprint density at radius 3 is 2.50 bits per heavy atom. The van der Waals surface area contributed by atoms with Gasteiger partial charge in [-0.05, 0) is 67.2 Å². The molecular formula is C30H42N4O4. The highest BCUT2D eigenvalue weighted by Crippen LogP contribution is 2.37. The molecule has 1 aromatic heterocycles. The number of amides is 1. The van der Waals surface area contributed by atoms with Crippen molar-refractivity contribution in [1.82, 2.24) is 15.0 Å². The van der Waals surface area contributed by atoms with Gasteiger partial charge in [0.2, 0.25) is 5.91 Å². The van der Waals surface area contributed by atoms with Crippen LogP contribution >= 0.6 is 0 Å². The fraction of sp³-hybridized carbons (Fsp3) is 0.633. The highest BCUT2D eigenvalue weighted by atomic mass is 16.5. The predicted octanol–water partition coefficient (Wildman–Crippen LogP) is 4.76. The van der Waals surface area contributed by atoms with Gasteiger partial charge >= 0.3 is 6.01 Å². The van der Waals surface area contributed by atoms with Crippen LogP contribution in [0.4, 0.5) is 6.01 Å². The number of carbonyl (C=O) groups excluding carboxylic acids is 1. The Balaban J connectivity index is 1.08. The molecule has 3 aliphatic rings. The van der Waals surface area contributed by atoms with E-state index in [0.717, 1.165) is 63.3 Å². The van der Waals surface area contributed by atoms with Crippen LogP contribution in [0.5, 0.6) is 5.75 Å². The number of allylic oxidation sites excluding steroid dienone is 2. The van der Waals surface area contributed by atoms with Crippen LogP contribution in [-0.2, 0) is 4.79 Å². The third-order valence-corrected chi connectivity index (χ3v) is 8.56. The summed E-state index contributed by atoms with van der Waals surface area (Å²) in [6.07, 6.45) is 6.94. The van der Waals surface area contributed by atoms with Crippen molar-refractivity contribution in [3.63, 3.8) is 0 Å². The molecule has 8 nitrogen and oxygen atoms in total. The van der Waals surface area contributed by atoms with E-state index in [9.17, 15) is 9.90 Å². The highest BCUT2D eigenvalue weighted by molar-refractivity contribution is 5.81. The Bertz CT molecular complexity index is 1100. The molecule has 5 rings (SSSR count). The standard InChI is InChI=1S/C30H42N4O4/c1-20(2)28-31-30(38-32-28)33-13-10-22(11-14-33)19-37-26-7-4-24(5-8-26)25-6-9-27(21(3)16-25)29(36)34-15-12-23(17-34)18-35/h4-8,20-23,27,35H,9-19H2,1-3H3/t21-,23-,27?/m0/s1. The number of likely N-dealkylation sites (tertiary alicyclic amines) is 1. The number of rotatable bonds is 8. The first-order valence-corrected chi connectivity index (χ1v) is 14.3. The lowest BCUT2D eigenvalue weighted by molar-refractivity contribution is -0.136. The van der Waals surface area contributed by atoms with E-state index in [-0.39, 0.29) is 30.3 Å². The van der Waals surface area contributed by atoms with Crippen molar-refractivity contribution in [2.75, 3.05) is 44.3 Å². The summed E-state index contributed by atoms with van der Waals surface area (Å²) in [5.41, 5.74) is 2.53. The molecular weight excluding hydrogens is 480 g/mol. The van der Waals surface area contributed by atoms with Crippen molar-refractivity contribution in [1.29, 1.82) is 0 Å². The van der Waals surface area contributed by atoms with Crippen LogP contribution in [0, 0.1) is 23.7 Å². The van der Waals surface area contributed by atoms with Crippen LogP contribution in [-0.4, -0.2) is 65.4 Å². The Kier molecular flexibility index (Phi) is 8.36. The predicted molar refractivity (Wildman–Crippen MR) is 147 cm³/mol. The number of nitrogens with zero attached hydrogens (tertiary/aromatic N) is 4. The fourth-order valence-corrected chi connectivity index (χ4v) is 5.93. The summed E-state index contributed by atoms with van der Waals surface area (Å²) < 4.78 is 11.6. The molecule has 0 spiro atoms. The third kappa shape index (κ3) is 6.06. The molecule has 2 aromatic rings. The SMILES string of the molecule is CC(C)c1noc(N2CCC(COc3ccc(C4=CCC(C(=O)N5CC[C@H](CO)C5)[C@@H](C)C4)cc3)CC2)n1. The van der Waals surface area contributed by atoms with Gasteiger partial charge in [0.05, 0.1) is 6.61 Å². The number of aromatic nitrogens is 2. The Morgan fingerprint density at radius 2 is 1.87 bits per heavy atom. The maximum atomic E-state index is 13.1. The molecule has 0 saturated carbocycles. The van der Waals surface area contributed by atoms with Crippen molar-refractivity contribution in [3.05, 3.63) is 41.7 Å². The second kappa shape index (κ2) is 11.9. The van der Waals surface area contributed by atoms with E-state index in [2.05, 4.69) is 66.2 Å². The summed E-state index contributed by atoms with van der Waals surface area (Å²) in [5, 5.41) is 13.5. The normalized spacial score (nSPS) is 24.7. The average molecular weight is 523 g/mol. The number of hydrogen-bond acceptors (Lipinski definition) is 7. The largest absolute Gasteiger partial charge is 0.493 e. The van der Waals surface area contributed by atoms with Gasteiger partial charge in [-0.15, -0.1) is 0 Å². The summed E-state index contributed by atoms with van der Waals surface area (Å²) >= 11 is 0.